The van der Waals surface area contributed by atoms with Gasteiger partial charge in [0.05, 0.1) is 10.6 Å². The third-order valence-electron chi connectivity index (χ3n) is 1.87. The van der Waals surface area contributed by atoms with Crippen LogP contribution in [0.2, 0.25) is 5.02 Å². The summed E-state index contributed by atoms with van der Waals surface area (Å²) in [6.45, 7) is 4.39. The van der Waals surface area contributed by atoms with E-state index in [4.69, 9.17) is 11.6 Å². The molecular weight excluding hydrogens is 217 g/mol. The van der Waals surface area contributed by atoms with Crippen LogP contribution in [0, 0.1) is 5.82 Å². The van der Waals surface area contributed by atoms with E-state index < -0.39 is 11.4 Å². The number of aliphatic hydroxyl groups is 1. The predicted molar refractivity (Wildman–Crippen MR) is 59.4 cm³/mol. The number of halogens is 2. The Morgan fingerprint density at radius 1 is 1.47 bits per heavy atom. The lowest BCUT2D eigenvalue weighted by molar-refractivity contribution is 0.0795. The lowest BCUT2D eigenvalue weighted by Crippen LogP contribution is -2.34. The van der Waals surface area contributed by atoms with Crippen molar-refractivity contribution in [1.29, 1.82) is 0 Å². The molecule has 0 aromatic heterocycles. The van der Waals surface area contributed by atoms with Crippen molar-refractivity contribution in [3.8, 4) is 0 Å². The summed E-state index contributed by atoms with van der Waals surface area (Å²) in [5, 5.41) is 12.6. The molecule has 0 aliphatic rings. The number of benzene rings is 1. The number of rotatable bonds is 4. The van der Waals surface area contributed by atoms with Crippen LogP contribution in [-0.4, -0.2) is 17.3 Å². The zero-order valence-corrected chi connectivity index (χ0v) is 9.61. The molecule has 2 nitrogen and oxygen atoms in total. The zero-order valence-electron chi connectivity index (χ0n) is 8.85. The van der Waals surface area contributed by atoms with Gasteiger partial charge in [-0.3, -0.25) is 0 Å². The summed E-state index contributed by atoms with van der Waals surface area (Å²) in [6, 6.07) is 4.67. The molecular formula is C11H15ClFNO. The molecule has 15 heavy (non-hydrogen) atoms. The summed E-state index contributed by atoms with van der Waals surface area (Å²) in [7, 11) is 0. The van der Waals surface area contributed by atoms with E-state index in [1.807, 2.05) is 0 Å². The first-order chi connectivity index (χ1) is 6.88. The van der Waals surface area contributed by atoms with Gasteiger partial charge in [0.2, 0.25) is 0 Å². The summed E-state index contributed by atoms with van der Waals surface area (Å²) in [5.41, 5.74) is 0.0477. The minimum absolute atomic E-state index is 0.126. The van der Waals surface area contributed by atoms with Gasteiger partial charge < -0.3 is 10.4 Å². The van der Waals surface area contributed by atoms with Crippen molar-refractivity contribution in [2.75, 3.05) is 6.54 Å². The highest BCUT2D eigenvalue weighted by atomic mass is 35.5. The first kappa shape index (κ1) is 12.4. The largest absolute Gasteiger partial charge is 0.389 e. The minimum Gasteiger partial charge on any atom is -0.389 e. The highest BCUT2D eigenvalue weighted by Crippen LogP contribution is 2.15. The van der Waals surface area contributed by atoms with Crippen molar-refractivity contribution in [1.82, 2.24) is 5.32 Å². The maximum absolute atomic E-state index is 13.0. The standard InChI is InChI=1S/C11H15ClFNO/c1-11(2,15)7-14-6-8-3-4-9(12)10(13)5-8/h3-5,14-15H,6-7H2,1-2H3. The lowest BCUT2D eigenvalue weighted by Gasteiger charge is -2.17. The Bertz CT molecular complexity index is 336. The van der Waals surface area contributed by atoms with E-state index in [1.165, 1.54) is 12.1 Å². The van der Waals surface area contributed by atoms with Gasteiger partial charge in [-0.05, 0) is 31.5 Å². The van der Waals surface area contributed by atoms with E-state index in [9.17, 15) is 9.50 Å². The fourth-order valence-electron chi connectivity index (χ4n) is 1.16. The Morgan fingerprint density at radius 2 is 2.13 bits per heavy atom. The molecule has 1 aromatic carbocycles. The molecule has 0 atom stereocenters. The third-order valence-corrected chi connectivity index (χ3v) is 2.18. The van der Waals surface area contributed by atoms with Gasteiger partial charge in [0.15, 0.2) is 0 Å². The Kier molecular flexibility index (Phi) is 4.08. The molecule has 1 rings (SSSR count). The molecule has 0 heterocycles. The summed E-state index contributed by atoms with van der Waals surface area (Å²) in [4.78, 5) is 0. The first-order valence-corrected chi connectivity index (χ1v) is 5.13. The molecule has 0 saturated heterocycles. The van der Waals surface area contributed by atoms with Crippen LogP contribution in [0.3, 0.4) is 0 Å². The Balaban J connectivity index is 2.48. The van der Waals surface area contributed by atoms with E-state index in [-0.39, 0.29) is 5.02 Å². The maximum Gasteiger partial charge on any atom is 0.142 e. The molecule has 1 aromatic rings. The van der Waals surface area contributed by atoms with Crippen LogP contribution >= 0.6 is 11.6 Å². The third kappa shape index (κ3) is 4.60. The van der Waals surface area contributed by atoms with Crippen LogP contribution in [0.15, 0.2) is 18.2 Å². The van der Waals surface area contributed by atoms with Crippen LogP contribution < -0.4 is 5.32 Å². The monoisotopic (exact) mass is 231 g/mol. The molecule has 0 aliphatic carbocycles. The van der Waals surface area contributed by atoms with Crippen molar-refractivity contribution in [3.05, 3.63) is 34.6 Å². The topological polar surface area (TPSA) is 32.3 Å². The molecule has 0 bridgehead atoms. The number of hydrogen-bond donors (Lipinski definition) is 2. The fourth-order valence-corrected chi connectivity index (χ4v) is 1.28. The van der Waals surface area contributed by atoms with Crippen molar-refractivity contribution < 1.29 is 9.50 Å². The van der Waals surface area contributed by atoms with Gasteiger partial charge in [0, 0.05) is 13.1 Å². The van der Waals surface area contributed by atoms with Crippen LogP contribution in [0.25, 0.3) is 0 Å². The zero-order chi connectivity index (χ0) is 11.5. The SMILES string of the molecule is CC(C)(O)CNCc1ccc(Cl)c(F)c1. The normalized spacial score (nSPS) is 11.8. The van der Waals surface area contributed by atoms with E-state index in [0.29, 0.717) is 13.1 Å². The smallest absolute Gasteiger partial charge is 0.142 e. The molecule has 0 spiro atoms. The molecule has 0 unspecified atom stereocenters. The van der Waals surface area contributed by atoms with E-state index in [0.717, 1.165) is 5.56 Å². The lowest BCUT2D eigenvalue weighted by atomic mass is 10.1. The maximum atomic E-state index is 13.0. The van der Waals surface area contributed by atoms with E-state index in [2.05, 4.69) is 5.32 Å². The van der Waals surface area contributed by atoms with Crippen LogP contribution in [0.1, 0.15) is 19.4 Å². The molecule has 0 fully saturated rings. The molecule has 0 aliphatic heterocycles. The molecule has 4 heteroatoms. The second kappa shape index (κ2) is 4.92. The average molecular weight is 232 g/mol. The van der Waals surface area contributed by atoms with Crippen LogP contribution in [0.5, 0.6) is 0 Å². The Morgan fingerprint density at radius 3 is 2.67 bits per heavy atom. The molecule has 2 N–H and O–H groups in total. The second-order valence-electron chi connectivity index (χ2n) is 4.16. The quantitative estimate of drug-likeness (QED) is 0.834. The molecule has 0 amide bonds. The van der Waals surface area contributed by atoms with Gasteiger partial charge in [-0.25, -0.2) is 4.39 Å². The van der Waals surface area contributed by atoms with Gasteiger partial charge in [0.25, 0.3) is 0 Å². The van der Waals surface area contributed by atoms with Crippen LogP contribution in [0.4, 0.5) is 4.39 Å². The average Bonchev–Trinajstić information content (AvgIpc) is 2.09. The van der Waals surface area contributed by atoms with E-state index in [1.54, 1.807) is 19.9 Å². The molecule has 84 valence electrons. The van der Waals surface area contributed by atoms with Crippen molar-refractivity contribution in [2.24, 2.45) is 0 Å². The second-order valence-corrected chi connectivity index (χ2v) is 4.57. The van der Waals surface area contributed by atoms with Gasteiger partial charge in [-0.1, -0.05) is 17.7 Å². The summed E-state index contributed by atoms with van der Waals surface area (Å²) < 4.78 is 13.0. The number of nitrogens with one attached hydrogen (secondary N) is 1. The molecule has 0 saturated carbocycles. The minimum atomic E-state index is -0.759. The first-order valence-electron chi connectivity index (χ1n) is 4.75. The van der Waals surface area contributed by atoms with Gasteiger partial charge in [0.1, 0.15) is 5.82 Å². The van der Waals surface area contributed by atoms with Crippen molar-refractivity contribution >= 4 is 11.6 Å². The fraction of sp³-hybridized carbons (Fsp3) is 0.455. The van der Waals surface area contributed by atoms with Gasteiger partial charge in [-0.15, -0.1) is 0 Å². The van der Waals surface area contributed by atoms with Gasteiger partial charge in [-0.2, -0.15) is 0 Å². The Labute approximate surface area is 94.1 Å². The van der Waals surface area contributed by atoms with Crippen molar-refractivity contribution in [3.63, 3.8) is 0 Å². The summed E-state index contributed by atoms with van der Waals surface area (Å²) in [5.74, 6) is -0.417. The highest BCUT2D eigenvalue weighted by molar-refractivity contribution is 6.30. The summed E-state index contributed by atoms with van der Waals surface area (Å²) in [6.07, 6.45) is 0. The molecule has 0 radical (unpaired) electrons. The van der Waals surface area contributed by atoms with Crippen LogP contribution in [-0.2, 0) is 6.54 Å². The van der Waals surface area contributed by atoms with E-state index >= 15 is 0 Å². The Hall–Kier alpha value is -0.640. The van der Waals surface area contributed by atoms with Gasteiger partial charge >= 0.3 is 0 Å². The number of hydrogen-bond acceptors (Lipinski definition) is 2. The van der Waals surface area contributed by atoms with Crippen molar-refractivity contribution in [2.45, 2.75) is 26.0 Å². The predicted octanol–water partition coefficient (Wildman–Crippen LogP) is 2.34. The summed E-state index contributed by atoms with van der Waals surface area (Å²) >= 11 is 5.55. The highest BCUT2D eigenvalue weighted by Gasteiger charge is 2.11.